The van der Waals surface area contributed by atoms with Crippen LogP contribution in [0.15, 0.2) is 0 Å². The van der Waals surface area contributed by atoms with Crippen LogP contribution in [0.4, 0.5) is 0 Å². The van der Waals surface area contributed by atoms with Crippen molar-refractivity contribution >= 4 is 0 Å². The second-order valence-electron chi connectivity index (χ2n) is 3.68. The summed E-state index contributed by atoms with van der Waals surface area (Å²) in [6.45, 7) is 4.20. The Balaban J connectivity index is 2.42. The molecule has 0 aromatic rings. The lowest BCUT2D eigenvalue weighted by molar-refractivity contribution is 0.104. The van der Waals surface area contributed by atoms with Crippen molar-refractivity contribution in [1.82, 2.24) is 4.90 Å². The Bertz CT molecular complexity index is 126. The third-order valence-electron chi connectivity index (χ3n) is 2.66. The quantitative estimate of drug-likeness (QED) is 0.638. The van der Waals surface area contributed by atoms with Crippen molar-refractivity contribution < 1.29 is 5.11 Å². The van der Waals surface area contributed by atoms with Gasteiger partial charge in [-0.15, -0.1) is 0 Å². The number of piperidine rings is 1. The summed E-state index contributed by atoms with van der Waals surface area (Å²) in [7, 11) is 0. The Labute approximate surface area is 74.5 Å². The van der Waals surface area contributed by atoms with Gasteiger partial charge in [-0.1, -0.05) is 6.42 Å². The van der Waals surface area contributed by atoms with Crippen LogP contribution in [0.1, 0.15) is 26.2 Å². The summed E-state index contributed by atoms with van der Waals surface area (Å²) in [4.78, 5) is 2.31. The van der Waals surface area contributed by atoms with Crippen molar-refractivity contribution in [3.63, 3.8) is 0 Å². The van der Waals surface area contributed by atoms with E-state index in [0.29, 0.717) is 6.04 Å². The molecule has 12 heavy (non-hydrogen) atoms. The minimum Gasteiger partial charge on any atom is -0.395 e. The van der Waals surface area contributed by atoms with E-state index in [-0.39, 0.29) is 12.6 Å². The highest BCUT2D eigenvalue weighted by atomic mass is 16.3. The van der Waals surface area contributed by atoms with Gasteiger partial charge < -0.3 is 10.8 Å². The van der Waals surface area contributed by atoms with Gasteiger partial charge in [0.1, 0.15) is 0 Å². The average molecular weight is 172 g/mol. The molecule has 1 saturated heterocycles. The Hall–Kier alpha value is -0.120. The van der Waals surface area contributed by atoms with E-state index < -0.39 is 0 Å². The van der Waals surface area contributed by atoms with Crippen LogP contribution in [0.3, 0.4) is 0 Å². The number of hydrogen-bond donors (Lipinski definition) is 2. The zero-order chi connectivity index (χ0) is 8.97. The first-order valence-corrected chi connectivity index (χ1v) is 4.86. The second-order valence-corrected chi connectivity index (χ2v) is 3.68. The Morgan fingerprint density at radius 3 is 2.92 bits per heavy atom. The number of aliphatic hydroxyl groups excluding tert-OH is 1. The van der Waals surface area contributed by atoms with Crippen LogP contribution in [-0.2, 0) is 0 Å². The number of rotatable bonds is 3. The number of likely N-dealkylation sites (tertiary alicyclic amines) is 1. The van der Waals surface area contributed by atoms with Crippen LogP contribution in [0.2, 0.25) is 0 Å². The van der Waals surface area contributed by atoms with Crippen LogP contribution in [-0.4, -0.2) is 41.8 Å². The lowest BCUT2D eigenvalue weighted by Crippen LogP contribution is -2.49. The first-order chi connectivity index (χ1) is 5.75. The Morgan fingerprint density at radius 2 is 2.33 bits per heavy atom. The van der Waals surface area contributed by atoms with Gasteiger partial charge in [0.05, 0.1) is 6.61 Å². The van der Waals surface area contributed by atoms with Gasteiger partial charge >= 0.3 is 0 Å². The molecule has 72 valence electrons. The molecule has 0 aromatic heterocycles. The molecule has 0 aromatic carbocycles. The topological polar surface area (TPSA) is 49.5 Å². The average Bonchev–Trinajstić information content (AvgIpc) is 2.05. The fourth-order valence-corrected chi connectivity index (χ4v) is 2.02. The second kappa shape index (κ2) is 4.80. The number of hydrogen-bond acceptors (Lipinski definition) is 3. The van der Waals surface area contributed by atoms with Gasteiger partial charge in [0.25, 0.3) is 0 Å². The molecule has 0 spiro atoms. The lowest BCUT2D eigenvalue weighted by atomic mass is 9.97. The zero-order valence-corrected chi connectivity index (χ0v) is 7.87. The molecule has 1 heterocycles. The normalized spacial score (nSPS) is 28.8. The van der Waals surface area contributed by atoms with Crippen LogP contribution in [0, 0.1) is 0 Å². The predicted octanol–water partition coefficient (Wildman–Crippen LogP) is 0.180. The molecule has 0 saturated carbocycles. The van der Waals surface area contributed by atoms with Gasteiger partial charge in [-0.2, -0.15) is 0 Å². The number of β-amino-alcohol motifs (C(OH)–C–C–N with tert-alkyl or cyclic N) is 1. The van der Waals surface area contributed by atoms with E-state index in [4.69, 9.17) is 10.8 Å². The fourth-order valence-electron chi connectivity index (χ4n) is 2.02. The maximum absolute atomic E-state index is 8.84. The maximum Gasteiger partial charge on any atom is 0.0558 e. The van der Waals surface area contributed by atoms with E-state index in [1.54, 1.807) is 0 Å². The van der Waals surface area contributed by atoms with Gasteiger partial charge in [0.15, 0.2) is 0 Å². The molecule has 3 N–H and O–H groups in total. The molecule has 0 amide bonds. The molecule has 1 rings (SSSR count). The van der Waals surface area contributed by atoms with Crippen molar-refractivity contribution in [2.45, 2.75) is 38.3 Å². The molecular weight excluding hydrogens is 152 g/mol. The third kappa shape index (κ3) is 2.44. The first kappa shape index (κ1) is 9.96. The van der Waals surface area contributed by atoms with E-state index in [1.165, 1.54) is 19.3 Å². The van der Waals surface area contributed by atoms with Crippen LogP contribution >= 0.6 is 0 Å². The van der Waals surface area contributed by atoms with Crippen LogP contribution in [0.25, 0.3) is 0 Å². The zero-order valence-electron chi connectivity index (χ0n) is 7.87. The summed E-state index contributed by atoms with van der Waals surface area (Å²) in [5, 5.41) is 8.84. The fraction of sp³-hybridized carbons (Fsp3) is 1.00. The highest BCUT2D eigenvalue weighted by molar-refractivity contribution is 4.82. The number of nitrogens with zero attached hydrogens (tertiary/aromatic N) is 1. The van der Waals surface area contributed by atoms with Crippen molar-refractivity contribution in [2.75, 3.05) is 19.7 Å². The Morgan fingerprint density at radius 1 is 1.58 bits per heavy atom. The molecule has 1 aliphatic rings. The van der Waals surface area contributed by atoms with Gasteiger partial charge in [-0.05, 0) is 26.3 Å². The molecule has 3 nitrogen and oxygen atoms in total. The summed E-state index contributed by atoms with van der Waals surface area (Å²) in [6.07, 6.45) is 3.73. The molecule has 2 unspecified atom stereocenters. The highest BCUT2D eigenvalue weighted by Gasteiger charge is 2.24. The predicted molar refractivity (Wildman–Crippen MR) is 49.9 cm³/mol. The molecule has 1 fully saturated rings. The van der Waals surface area contributed by atoms with Gasteiger partial charge in [0.2, 0.25) is 0 Å². The molecule has 3 heteroatoms. The highest BCUT2D eigenvalue weighted by Crippen LogP contribution is 2.18. The summed E-state index contributed by atoms with van der Waals surface area (Å²) in [5.74, 6) is 0. The van der Waals surface area contributed by atoms with E-state index in [9.17, 15) is 0 Å². The van der Waals surface area contributed by atoms with Crippen LogP contribution in [0.5, 0.6) is 0 Å². The smallest absolute Gasteiger partial charge is 0.0558 e. The van der Waals surface area contributed by atoms with Crippen molar-refractivity contribution in [3.8, 4) is 0 Å². The van der Waals surface area contributed by atoms with E-state index in [1.807, 2.05) is 0 Å². The van der Waals surface area contributed by atoms with E-state index >= 15 is 0 Å². The van der Waals surface area contributed by atoms with Crippen molar-refractivity contribution in [3.05, 3.63) is 0 Å². The minimum atomic E-state index is 0.233. The third-order valence-corrected chi connectivity index (χ3v) is 2.66. The summed E-state index contributed by atoms with van der Waals surface area (Å²) in [6, 6.07) is 0.725. The summed E-state index contributed by atoms with van der Waals surface area (Å²) in [5.41, 5.74) is 5.86. The van der Waals surface area contributed by atoms with E-state index in [0.717, 1.165) is 13.1 Å². The van der Waals surface area contributed by atoms with Gasteiger partial charge in [0, 0.05) is 18.6 Å². The minimum absolute atomic E-state index is 0.233. The SMILES string of the molecule is CC(N)C1CCCCN1CCO. The summed E-state index contributed by atoms with van der Waals surface area (Å²) < 4.78 is 0. The Kier molecular flexibility index (Phi) is 3.98. The lowest BCUT2D eigenvalue weighted by Gasteiger charge is -2.37. The monoisotopic (exact) mass is 172 g/mol. The molecule has 0 radical (unpaired) electrons. The van der Waals surface area contributed by atoms with E-state index in [2.05, 4.69) is 11.8 Å². The maximum atomic E-state index is 8.84. The number of aliphatic hydroxyl groups is 1. The molecule has 1 aliphatic heterocycles. The summed E-state index contributed by atoms with van der Waals surface area (Å²) >= 11 is 0. The molecule has 0 bridgehead atoms. The van der Waals surface area contributed by atoms with Crippen molar-refractivity contribution in [2.24, 2.45) is 5.73 Å². The standard InChI is InChI=1S/C9H20N2O/c1-8(10)9-4-2-3-5-11(9)6-7-12/h8-9,12H,2-7,10H2,1H3. The number of nitrogens with two attached hydrogens (primary N) is 1. The van der Waals surface area contributed by atoms with Gasteiger partial charge in [-0.3, -0.25) is 4.90 Å². The van der Waals surface area contributed by atoms with Crippen molar-refractivity contribution in [1.29, 1.82) is 0 Å². The molecular formula is C9H20N2O. The van der Waals surface area contributed by atoms with Gasteiger partial charge in [-0.25, -0.2) is 0 Å². The molecule has 0 aliphatic carbocycles. The van der Waals surface area contributed by atoms with Crippen LogP contribution < -0.4 is 5.73 Å². The molecule has 2 atom stereocenters. The largest absolute Gasteiger partial charge is 0.395 e. The first-order valence-electron chi connectivity index (χ1n) is 4.86.